The average Bonchev–Trinajstić information content (AvgIpc) is 3.05. The fourth-order valence-corrected chi connectivity index (χ4v) is 4.61. The Labute approximate surface area is 208 Å². The minimum atomic E-state index is -0.642. The Morgan fingerprint density at radius 1 is 1.27 bits per heavy atom. The molecule has 170 valence electrons. The van der Waals surface area contributed by atoms with Crippen LogP contribution in [0, 0.1) is 14.9 Å². The minimum absolute atomic E-state index is 0.166. The number of amides is 2. The summed E-state index contributed by atoms with van der Waals surface area (Å²) in [6, 6.07) is 12.8. The molecule has 1 aliphatic heterocycles. The molecule has 3 rings (SSSR count). The number of ether oxygens (including phenoxy) is 3. The second kappa shape index (κ2) is 11.2. The third-order valence-electron chi connectivity index (χ3n) is 4.53. The van der Waals surface area contributed by atoms with Crippen molar-refractivity contribution >= 4 is 57.5 Å². The van der Waals surface area contributed by atoms with Crippen molar-refractivity contribution in [2.45, 2.75) is 13.5 Å². The smallest absolute Gasteiger partial charge is 0.326 e. The number of imide groups is 1. The fourth-order valence-electron chi connectivity index (χ4n) is 2.99. The van der Waals surface area contributed by atoms with Crippen molar-refractivity contribution in [1.29, 1.82) is 5.26 Å². The molecule has 0 atom stereocenters. The van der Waals surface area contributed by atoms with Gasteiger partial charge in [-0.2, -0.15) is 5.26 Å². The highest BCUT2D eigenvalue weighted by Crippen LogP contribution is 2.37. The lowest BCUT2D eigenvalue weighted by molar-refractivity contribution is -0.145. The van der Waals surface area contributed by atoms with Crippen molar-refractivity contribution in [2.75, 3.05) is 20.3 Å². The predicted molar refractivity (Wildman–Crippen MR) is 131 cm³/mol. The molecule has 2 amide bonds. The molecule has 0 unspecified atom stereocenters. The lowest BCUT2D eigenvalue weighted by atomic mass is 10.1. The van der Waals surface area contributed by atoms with Gasteiger partial charge in [0.05, 0.1) is 33.8 Å². The molecule has 0 aliphatic carbocycles. The van der Waals surface area contributed by atoms with E-state index in [1.807, 2.05) is 12.1 Å². The Kier molecular flexibility index (Phi) is 8.35. The summed E-state index contributed by atoms with van der Waals surface area (Å²) >= 11 is 2.85. The molecule has 1 fully saturated rings. The van der Waals surface area contributed by atoms with Gasteiger partial charge in [-0.1, -0.05) is 18.2 Å². The van der Waals surface area contributed by atoms with Crippen molar-refractivity contribution in [3.8, 4) is 17.6 Å². The quantitative estimate of drug-likeness (QED) is 0.259. The van der Waals surface area contributed by atoms with Gasteiger partial charge >= 0.3 is 5.97 Å². The molecule has 1 aliphatic rings. The number of benzene rings is 2. The number of esters is 1. The predicted octanol–water partition coefficient (Wildman–Crippen LogP) is 4.35. The van der Waals surface area contributed by atoms with Crippen LogP contribution in [-0.2, 0) is 20.9 Å². The molecular weight excluding hydrogens is 559 g/mol. The molecule has 8 nitrogen and oxygen atoms in total. The molecule has 1 saturated heterocycles. The van der Waals surface area contributed by atoms with E-state index in [0.717, 1.165) is 25.8 Å². The SMILES string of the molecule is CCOC(=O)CN1C(=O)S/C(=C/c2cc(I)c(OCc3ccccc3C#N)c(OC)c2)C1=O. The first kappa shape index (κ1) is 24.6. The molecule has 2 aromatic rings. The summed E-state index contributed by atoms with van der Waals surface area (Å²) < 4.78 is 17.0. The van der Waals surface area contributed by atoms with E-state index in [-0.39, 0.29) is 18.1 Å². The molecule has 10 heteroatoms. The molecule has 0 aromatic heterocycles. The van der Waals surface area contributed by atoms with Crippen LogP contribution in [0.5, 0.6) is 11.5 Å². The molecule has 0 radical (unpaired) electrons. The van der Waals surface area contributed by atoms with E-state index in [9.17, 15) is 19.6 Å². The van der Waals surface area contributed by atoms with E-state index in [1.54, 1.807) is 37.3 Å². The van der Waals surface area contributed by atoms with Gasteiger partial charge in [0, 0.05) is 5.56 Å². The Hall–Kier alpha value is -3.04. The van der Waals surface area contributed by atoms with E-state index < -0.39 is 23.7 Å². The first-order valence-corrected chi connectivity index (χ1v) is 11.7. The average molecular weight is 578 g/mol. The highest BCUT2D eigenvalue weighted by atomic mass is 127. The molecule has 0 spiro atoms. The van der Waals surface area contributed by atoms with Crippen LogP contribution in [0.15, 0.2) is 41.3 Å². The fraction of sp³-hybridized carbons (Fsp3) is 0.217. The van der Waals surface area contributed by atoms with Gasteiger partial charge in [0.2, 0.25) is 0 Å². The largest absolute Gasteiger partial charge is 0.493 e. The number of methoxy groups -OCH3 is 1. The maximum absolute atomic E-state index is 12.6. The lowest BCUT2D eigenvalue weighted by Crippen LogP contribution is -2.34. The Morgan fingerprint density at radius 2 is 2.03 bits per heavy atom. The number of hydrogen-bond acceptors (Lipinski definition) is 8. The summed E-state index contributed by atoms with van der Waals surface area (Å²) in [5.74, 6) is -0.260. The number of rotatable bonds is 8. The van der Waals surface area contributed by atoms with E-state index in [0.29, 0.717) is 22.6 Å². The van der Waals surface area contributed by atoms with Crippen LogP contribution in [0.3, 0.4) is 0 Å². The van der Waals surface area contributed by atoms with Crippen LogP contribution in [0.4, 0.5) is 4.79 Å². The Balaban J connectivity index is 1.81. The second-order valence-corrected chi connectivity index (χ2v) is 8.82. The molecule has 0 saturated carbocycles. The minimum Gasteiger partial charge on any atom is -0.493 e. The van der Waals surface area contributed by atoms with Crippen molar-refractivity contribution < 1.29 is 28.6 Å². The van der Waals surface area contributed by atoms with Crippen LogP contribution < -0.4 is 9.47 Å². The molecule has 0 N–H and O–H groups in total. The van der Waals surface area contributed by atoms with Gasteiger partial charge in [-0.15, -0.1) is 0 Å². The number of hydrogen-bond donors (Lipinski definition) is 0. The summed E-state index contributed by atoms with van der Waals surface area (Å²) in [7, 11) is 1.50. The highest BCUT2D eigenvalue weighted by molar-refractivity contribution is 14.1. The van der Waals surface area contributed by atoms with Crippen LogP contribution in [0.1, 0.15) is 23.6 Å². The Morgan fingerprint density at radius 3 is 2.73 bits per heavy atom. The number of nitrogens with zero attached hydrogens (tertiary/aromatic N) is 2. The van der Waals surface area contributed by atoms with Crippen LogP contribution >= 0.6 is 34.4 Å². The van der Waals surface area contributed by atoms with Gasteiger partial charge in [0.25, 0.3) is 11.1 Å². The molecule has 2 aromatic carbocycles. The number of nitriles is 1. The monoisotopic (exact) mass is 578 g/mol. The summed E-state index contributed by atoms with van der Waals surface area (Å²) in [6.45, 7) is 1.58. The molecular formula is C23H19IN2O6S. The van der Waals surface area contributed by atoms with Gasteiger partial charge < -0.3 is 14.2 Å². The zero-order valence-electron chi connectivity index (χ0n) is 17.8. The highest BCUT2D eigenvalue weighted by Gasteiger charge is 2.36. The first-order chi connectivity index (χ1) is 15.9. The number of halogens is 1. The zero-order valence-corrected chi connectivity index (χ0v) is 20.8. The normalized spacial score (nSPS) is 14.4. The van der Waals surface area contributed by atoms with Crippen molar-refractivity contribution in [3.63, 3.8) is 0 Å². The maximum Gasteiger partial charge on any atom is 0.326 e. The zero-order chi connectivity index (χ0) is 24.0. The molecule has 0 bridgehead atoms. The Bertz CT molecular complexity index is 1170. The molecule has 33 heavy (non-hydrogen) atoms. The summed E-state index contributed by atoms with van der Waals surface area (Å²) in [4.78, 5) is 37.5. The summed E-state index contributed by atoms with van der Waals surface area (Å²) in [5.41, 5.74) is 1.90. The van der Waals surface area contributed by atoms with Gasteiger partial charge in [-0.3, -0.25) is 19.3 Å². The number of carbonyl (C=O) groups is 3. The van der Waals surface area contributed by atoms with Gasteiger partial charge in [-0.05, 0) is 71.1 Å². The van der Waals surface area contributed by atoms with Crippen LogP contribution in [-0.4, -0.2) is 42.3 Å². The number of thioether (sulfide) groups is 1. The van der Waals surface area contributed by atoms with E-state index in [1.165, 1.54) is 7.11 Å². The summed E-state index contributed by atoms with van der Waals surface area (Å²) in [5, 5.41) is 8.73. The molecule has 1 heterocycles. The summed E-state index contributed by atoms with van der Waals surface area (Å²) in [6.07, 6.45) is 1.56. The standard InChI is InChI=1S/C23H19IN2O6S/c1-3-31-20(27)12-26-22(28)19(33-23(26)29)10-14-8-17(24)21(18(9-14)30-2)32-13-16-7-5-4-6-15(16)11-25/h4-10H,3,12-13H2,1-2H3/b19-10+. The van der Waals surface area contributed by atoms with E-state index in [2.05, 4.69) is 28.7 Å². The van der Waals surface area contributed by atoms with Crippen LogP contribution in [0.2, 0.25) is 0 Å². The number of carbonyl (C=O) groups excluding carboxylic acids is 3. The third kappa shape index (κ3) is 5.85. The van der Waals surface area contributed by atoms with E-state index in [4.69, 9.17) is 14.2 Å². The van der Waals surface area contributed by atoms with Gasteiger partial charge in [0.1, 0.15) is 13.2 Å². The van der Waals surface area contributed by atoms with E-state index >= 15 is 0 Å². The van der Waals surface area contributed by atoms with Crippen molar-refractivity contribution in [1.82, 2.24) is 4.90 Å². The van der Waals surface area contributed by atoms with Crippen LogP contribution in [0.25, 0.3) is 6.08 Å². The van der Waals surface area contributed by atoms with Crippen molar-refractivity contribution in [2.24, 2.45) is 0 Å². The van der Waals surface area contributed by atoms with Gasteiger partial charge in [-0.25, -0.2) is 0 Å². The second-order valence-electron chi connectivity index (χ2n) is 6.66. The van der Waals surface area contributed by atoms with Crippen molar-refractivity contribution in [3.05, 3.63) is 61.6 Å². The maximum atomic E-state index is 12.6. The van der Waals surface area contributed by atoms with Gasteiger partial charge in [0.15, 0.2) is 11.5 Å². The third-order valence-corrected chi connectivity index (χ3v) is 6.23. The topological polar surface area (TPSA) is 106 Å². The lowest BCUT2D eigenvalue weighted by Gasteiger charge is -2.14. The first-order valence-electron chi connectivity index (χ1n) is 9.77.